The second-order valence-electron chi connectivity index (χ2n) is 4.16. The van der Waals surface area contributed by atoms with Gasteiger partial charge >= 0.3 is 6.18 Å². The molecule has 0 bridgehead atoms. The lowest BCUT2D eigenvalue weighted by molar-refractivity contribution is -0.137. The van der Waals surface area contributed by atoms with Crippen LogP contribution in [-0.2, 0) is 6.18 Å². The van der Waals surface area contributed by atoms with E-state index in [2.05, 4.69) is 10.3 Å². The van der Waals surface area contributed by atoms with Crippen molar-refractivity contribution in [2.75, 3.05) is 5.32 Å². The summed E-state index contributed by atoms with van der Waals surface area (Å²) in [7, 11) is 0. The van der Waals surface area contributed by atoms with Gasteiger partial charge < -0.3 is 5.32 Å². The normalized spacial score (nSPS) is 11.5. The summed E-state index contributed by atoms with van der Waals surface area (Å²) in [6.07, 6.45) is -2.19. The molecule has 1 heterocycles. The molecule has 0 saturated carbocycles. The Hall–Kier alpha value is -2.18. The number of aromatic nitrogens is 1. The largest absolute Gasteiger partial charge is 0.418 e. The van der Waals surface area contributed by atoms with Crippen LogP contribution in [0.4, 0.5) is 33.3 Å². The molecule has 2 nitrogen and oxygen atoms in total. The van der Waals surface area contributed by atoms with Crippen molar-refractivity contribution in [1.29, 1.82) is 0 Å². The van der Waals surface area contributed by atoms with Crippen LogP contribution in [0.2, 0.25) is 0 Å². The molecule has 1 aromatic carbocycles. The van der Waals surface area contributed by atoms with Crippen LogP contribution in [0.3, 0.4) is 0 Å². The van der Waals surface area contributed by atoms with Gasteiger partial charge in [-0.25, -0.2) is 8.78 Å². The van der Waals surface area contributed by atoms with E-state index in [-0.39, 0.29) is 11.4 Å². The number of alkyl halides is 3. The number of nitrogens with one attached hydrogen (secondary N) is 1. The highest BCUT2D eigenvalue weighted by Crippen LogP contribution is 2.37. The Morgan fingerprint density at radius 1 is 1.14 bits per heavy atom. The molecule has 111 valence electrons. The minimum absolute atomic E-state index is 0.0603. The third-order valence-corrected chi connectivity index (χ3v) is 2.73. The quantitative estimate of drug-likeness (QED) is 0.832. The number of anilines is 2. The molecule has 0 aliphatic rings. The Balaban J connectivity index is 2.42. The Morgan fingerprint density at radius 2 is 1.86 bits per heavy atom. The van der Waals surface area contributed by atoms with Gasteiger partial charge in [-0.2, -0.15) is 13.2 Å². The van der Waals surface area contributed by atoms with E-state index in [1.807, 2.05) is 0 Å². The zero-order valence-corrected chi connectivity index (χ0v) is 10.8. The molecule has 0 atom stereocenters. The van der Waals surface area contributed by atoms with E-state index < -0.39 is 29.1 Å². The van der Waals surface area contributed by atoms with Gasteiger partial charge in [-0.1, -0.05) is 13.0 Å². The van der Waals surface area contributed by atoms with Crippen LogP contribution in [-0.4, -0.2) is 4.98 Å². The number of halogens is 5. The second-order valence-corrected chi connectivity index (χ2v) is 4.16. The van der Waals surface area contributed by atoms with Crippen molar-refractivity contribution in [2.24, 2.45) is 0 Å². The molecule has 0 aliphatic heterocycles. The molecule has 2 rings (SSSR count). The molecule has 1 radical (unpaired) electrons. The first-order valence-electron chi connectivity index (χ1n) is 5.90. The number of hydrogen-bond acceptors (Lipinski definition) is 2. The summed E-state index contributed by atoms with van der Waals surface area (Å²) < 4.78 is 65.7. The first-order chi connectivity index (χ1) is 9.82. The van der Waals surface area contributed by atoms with Gasteiger partial charge in [-0.15, -0.1) is 0 Å². The van der Waals surface area contributed by atoms with E-state index in [1.54, 1.807) is 6.92 Å². The molecule has 0 aliphatic carbocycles. The van der Waals surface area contributed by atoms with Crippen molar-refractivity contribution in [1.82, 2.24) is 4.98 Å². The van der Waals surface area contributed by atoms with E-state index >= 15 is 0 Å². The van der Waals surface area contributed by atoms with Crippen molar-refractivity contribution >= 4 is 11.4 Å². The second kappa shape index (κ2) is 5.67. The molecule has 0 spiro atoms. The highest BCUT2D eigenvalue weighted by atomic mass is 19.4. The molecule has 2 aromatic rings. The lowest BCUT2D eigenvalue weighted by atomic mass is 10.1. The average molecular weight is 301 g/mol. The molecule has 0 fully saturated rings. The zero-order valence-electron chi connectivity index (χ0n) is 10.8. The molecule has 1 N–H and O–H groups in total. The summed E-state index contributed by atoms with van der Waals surface area (Å²) in [5.74, 6) is -1.80. The predicted molar refractivity (Wildman–Crippen MR) is 68.0 cm³/mol. The van der Waals surface area contributed by atoms with E-state index in [9.17, 15) is 22.0 Å². The highest BCUT2D eigenvalue weighted by Gasteiger charge is 2.34. The van der Waals surface area contributed by atoms with Gasteiger partial charge in [0.1, 0.15) is 11.6 Å². The van der Waals surface area contributed by atoms with E-state index in [4.69, 9.17) is 0 Å². The van der Waals surface area contributed by atoms with Crippen molar-refractivity contribution < 1.29 is 22.0 Å². The fraction of sp³-hybridized carbons (Fsp3) is 0.143. The SMILES string of the molecule is C[CH]c1ncc(Nc2c(F)cccc2C(F)(F)F)cc1F. The number of rotatable bonds is 3. The number of nitrogens with zero attached hydrogens (tertiary/aromatic N) is 1. The monoisotopic (exact) mass is 301 g/mol. The summed E-state index contributed by atoms with van der Waals surface area (Å²) >= 11 is 0. The molecule has 21 heavy (non-hydrogen) atoms. The van der Waals surface area contributed by atoms with Crippen LogP contribution in [0.5, 0.6) is 0 Å². The number of pyridine rings is 1. The van der Waals surface area contributed by atoms with Crippen LogP contribution in [0.1, 0.15) is 18.2 Å². The third kappa shape index (κ3) is 3.29. The van der Waals surface area contributed by atoms with E-state index in [1.165, 1.54) is 6.42 Å². The van der Waals surface area contributed by atoms with Crippen LogP contribution < -0.4 is 5.32 Å². The molecule has 0 unspecified atom stereocenters. The minimum atomic E-state index is -4.73. The summed E-state index contributed by atoms with van der Waals surface area (Å²) in [5, 5.41) is 2.23. The van der Waals surface area contributed by atoms with Crippen molar-refractivity contribution in [3.63, 3.8) is 0 Å². The van der Waals surface area contributed by atoms with E-state index in [0.29, 0.717) is 0 Å². The van der Waals surface area contributed by atoms with Crippen molar-refractivity contribution in [3.8, 4) is 0 Å². The summed E-state index contributed by atoms with van der Waals surface area (Å²) in [6.45, 7) is 1.57. The van der Waals surface area contributed by atoms with Gasteiger partial charge in [0, 0.05) is 12.5 Å². The summed E-state index contributed by atoms with van der Waals surface area (Å²) in [5.41, 5.74) is -1.95. The first kappa shape index (κ1) is 15.2. The fourth-order valence-electron chi connectivity index (χ4n) is 1.76. The minimum Gasteiger partial charge on any atom is -0.351 e. The molecular formula is C14H10F5N2. The zero-order chi connectivity index (χ0) is 15.6. The summed E-state index contributed by atoms with van der Waals surface area (Å²) in [4.78, 5) is 3.72. The van der Waals surface area contributed by atoms with Crippen molar-refractivity contribution in [3.05, 3.63) is 59.8 Å². The Labute approximate surface area is 117 Å². The van der Waals surface area contributed by atoms with Crippen LogP contribution in [0.25, 0.3) is 0 Å². The molecule has 0 amide bonds. The van der Waals surface area contributed by atoms with Crippen LogP contribution in [0, 0.1) is 18.1 Å². The highest BCUT2D eigenvalue weighted by molar-refractivity contribution is 5.64. The number of benzene rings is 1. The van der Waals surface area contributed by atoms with Crippen LogP contribution in [0.15, 0.2) is 30.5 Å². The maximum Gasteiger partial charge on any atom is 0.418 e. The molecular weight excluding hydrogens is 291 g/mol. The van der Waals surface area contributed by atoms with Gasteiger partial charge in [0.05, 0.1) is 28.8 Å². The fourth-order valence-corrected chi connectivity index (χ4v) is 1.76. The molecule has 1 aromatic heterocycles. The van der Waals surface area contributed by atoms with Gasteiger partial charge in [0.2, 0.25) is 0 Å². The lowest BCUT2D eigenvalue weighted by Gasteiger charge is -2.15. The first-order valence-corrected chi connectivity index (χ1v) is 5.90. The maximum atomic E-state index is 13.6. The predicted octanol–water partition coefficient (Wildman–Crippen LogP) is 4.69. The lowest BCUT2D eigenvalue weighted by Crippen LogP contribution is -2.10. The molecule has 0 saturated heterocycles. The van der Waals surface area contributed by atoms with E-state index in [0.717, 1.165) is 30.5 Å². The maximum absolute atomic E-state index is 13.6. The Morgan fingerprint density at radius 3 is 2.43 bits per heavy atom. The smallest absolute Gasteiger partial charge is 0.351 e. The van der Waals surface area contributed by atoms with Gasteiger partial charge in [-0.05, 0) is 12.1 Å². The van der Waals surface area contributed by atoms with Crippen LogP contribution >= 0.6 is 0 Å². The molecule has 7 heteroatoms. The Kier molecular flexibility index (Phi) is 4.11. The van der Waals surface area contributed by atoms with Gasteiger partial charge in [0.25, 0.3) is 0 Å². The van der Waals surface area contributed by atoms with Crippen molar-refractivity contribution in [2.45, 2.75) is 13.1 Å². The average Bonchev–Trinajstić information content (AvgIpc) is 2.40. The Bertz CT molecular complexity index is 652. The summed E-state index contributed by atoms with van der Waals surface area (Å²) in [6, 6.07) is 3.53. The third-order valence-electron chi connectivity index (χ3n) is 2.73. The standard InChI is InChI=1S/C14H10F5N2/c1-2-12-11(16)6-8(7-20-12)21-13-9(14(17,18)19)4-3-5-10(13)15/h2-7,21H,1H3. The topological polar surface area (TPSA) is 24.9 Å². The number of hydrogen-bond donors (Lipinski definition) is 1. The van der Waals surface area contributed by atoms with Gasteiger partial charge in [-0.3, -0.25) is 4.98 Å². The van der Waals surface area contributed by atoms with Gasteiger partial charge in [0.15, 0.2) is 0 Å². The number of para-hydroxylation sites is 1.